The van der Waals surface area contributed by atoms with Crippen LogP contribution in [0.2, 0.25) is 0 Å². The standard InChI is InChI=1S/C18H28N2OS/c1-11(2)17-19-13(4)16(22-17)18(21)20-10-9-12(3)14-7-5-6-8-15(14)20/h11-12,14-15H,5-10H2,1-4H3/t12-,14+,15-/m0/s1. The lowest BCUT2D eigenvalue weighted by molar-refractivity contribution is 0.0221. The number of thiazole rings is 1. The molecule has 3 atom stereocenters. The van der Waals surface area contributed by atoms with E-state index in [-0.39, 0.29) is 5.91 Å². The summed E-state index contributed by atoms with van der Waals surface area (Å²) in [4.78, 5) is 20.8. The Morgan fingerprint density at radius 2 is 2.00 bits per heavy atom. The van der Waals surface area contributed by atoms with E-state index in [2.05, 4.69) is 30.7 Å². The lowest BCUT2D eigenvalue weighted by Gasteiger charge is -2.47. The second-order valence-corrected chi connectivity index (χ2v) is 8.43. The number of likely N-dealkylation sites (tertiary alicyclic amines) is 1. The molecule has 0 N–H and O–H groups in total. The van der Waals surface area contributed by atoms with E-state index in [0.29, 0.717) is 17.9 Å². The lowest BCUT2D eigenvalue weighted by Crippen LogP contribution is -2.52. The molecule has 2 fully saturated rings. The Morgan fingerprint density at radius 3 is 2.68 bits per heavy atom. The highest BCUT2D eigenvalue weighted by atomic mass is 32.1. The maximum atomic E-state index is 13.1. The summed E-state index contributed by atoms with van der Waals surface area (Å²) in [6, 6.07) is 0.467. The molecule has 0 aromatic carbocycles. The third-order valence-electron chi connectivity index (χ3n) is 5.50. The van der Waals surface area contributed by atoms with Gasteiger partial charge in [0.1, 0.15) is 4.88 Å². The molecule has 2 aliphatic rings. The SMILES string of the molecule is Cc1nc(C(C)C)sc1C(=O)N1CC[C@H](C)[C@H]2CCCC[C@@H]21. The number of aryl methyl sites for hydroxylation is 1. The van der Waals surface area contributed by atoms with Gasteiger partial charge in [0.2, 0.25) is 0 Å². The molecule has 0 spiro atoms. The van der Waals surface area contributed by atoms with Gasteiger partial charge in [0.05, 0.1) is 10.7 Å². The zero-order valence-corrected chi connectivity index (χ0v) is 15.1. The second-order valence-electron chi connectivity index (χ2n) is 7.40. The quantitative estimate of drug-likeness (QED) is 0.797. The molecule has 0 unspecified atom stereocenters. The normalized spacial score (nSPS) is 28.8. The zero-order chi connectivity index (χ0) is 15.9. The summed E-state index contributed by atoms with van der Waals surface area (Å²) >= 11 is 1.61. The van der Waals surface area contributed by atoms with Crippen LogP contribution in [0.3, 0.4) is 0 Å². The first-order valence-corrected chi connectivity index (χ1v) is 9.59. The summed E-state index contributed by atoms with van der Waals surface area (Å²) in [5, 5.41) is 1.09. The van der Waals surface area contributed by atoms with Crippen molar-refractivity contribution in [1.29, 1.82) is 0 Å². The van der Waals surface area contributed by atoms with Crippen molar-refractivity contribution >= 4 is 17.2 Å². The van der Waals surface area contributed by atoms with Crippen LogP contribution in [-0.2, 0) is 0 Å². The monoisotopic (exact) mass is 320 g/mol. The van der Waals surface area contributed by atoms with Crippen LogP contribution in [0.5, 0.6) is 0 Å². The molecule has 3 nitrogen and oxygen atoms in total. The van der Waals surface area contributed by atoms with Gasteiger partial charge in [-0.3, -0.25) is 4.79 Å². The number of carbonyl (C=O) groups is 1. The average molecular weight is 321 g/mol. The Hall–Kier alpha value is -0.900. The molecule has 22 heavy (non-hydrogen) atoms. The summed E-state index contributed by atoms with van der Waals surface area (Å²) in [5.74, 6) is 2.12. The molecule has 1 aliphatic carbocycles. The van der Waals surface area contributed by atoms with Gasteiger partial charge < -0.3 is 4.90 Å². The predicted molar refractivity (Wildman–Crippen MR) is 91.5 cm³/mol. The van der Waals surface area contributed by atoms with Crippen molar-refractivity contribution in [2.45, 2.75) is 71.8 Å². The van der Waals surface area contributed by atoms with Gasteiger partial charge in [0.15, 0.2) is 0 Å². The third kappa shape index (κ3) is 2.82. The van der Waals surface area contributed by atoms with Crippen LogP contribution in [0, 0.1) is 18.8 Å². The second kappa shape index (κ2) is 6.31. The number of aromatic nitrogens is 1. The molecule has 0 radical (unpaired) electrons. The summed E-state index contributed by atoms with van der Waals surface area (Å²) in [7, 11) is 0. The summed E-state index contributed by atoms with van der Waals surface area (Å²) in [5.41, 5.74) is 0.921. The predicted octanol–water partition coefficient (Wildman–Crippen LogP) is 4.62. The van der Waals surface area contributed by atoms with Crippen LogP contribution in [0.15, 0.2) is 0 Å². The third-order valence-corrected chi connectivity index (χ3v) is 6.95. The zero-order valence-electron chi connectivity index (χ0n) is 14.3. The number of hydrogen-bond acceptors (Lipinski definition) is 3. The van der Waals surface area contributed by atoms with Crippen LogP contribution in [-0.4, -0.2) is 28.4 Å². The van der Waals surface area contributed by atoms with E-state index < -0.39 is 0 Å². The van der Waals surface area contributed by atoms with Gasteiger partial charge in [0.25, 0.3) is 5.91 Å². The van der Waals surface area contributed by atoms with E-state index in [9.17, 15) is 4.79 Å². The topological polar surface area (TPSA) is 33.2 Å². The van der Waals surface area contributed by atoms with Crippen LogP contribution in [0.25, 0.3) is 0 Å². The summed E-state index contributed by atoms with van der Waals surface area (Å²) < 4.78 is 0. The minimum absolute atomic E-state index is 0.241. The number of amides is 1. The summed E-state index contributed by atoms with van der Waals surface area (Å²) in [6.07, 6.45) is 6.26. The smallest absolute Gasteiger partial charge is 0.266 e. The van der Waals surface area contributed by atoms with E-state index in [1.807, 2.05) is 6.92 Å². The highest BCUT2D eigenvalue weighted by Crippen LogP contribution is 2.40. The Labute approximate surface area is 138 Å². The Morgan fingerprint density at radius 1 is 1.27 bits per heavy atom. The Balaban J connectivity index is 1.85. The van der Waals surface area contributed by atoms with E-state index in [0.717, 1.165) is 34.5 Å². The fourth-order valence-electron chi connectivity index (χ4n) is 4.16. The minimum Gasteiger partial charge on any atom is -0.335 e. The molecule has 122 valence electrons. The van der Waals surface area contributed by atoms with Gasteiger partial charge >= 0.3 is 0 Å². The van der Waals surface area contributed by atoms with E-state index in [4.69, 9.17) is 0 Å². The first-order valence-electron chi connectivity index (χ1n) is 8.77. The van der Waals surface area contributed by atoms with E-state index in [1.54, 1.807) is 11.3 Å². The van der Waals surface area contributed by atoms with E-state index >= 15 is 0 Å². The number of nitrogens with zero attached hydrogens (tertiary/aromatic N) is 2. The van der Waals surface area contributed by atoms with Crippen LogP contribution < -0.4 is 0 Å². The number of fused-ring (bicyclic) bond motifs is 1. The molecule has 1 saturated carbocycles. The lowest BCUT2D eigenvalue weighted by atomic mass is 9.72. The fraction of sp³-hybridized carbons (Fsp3) is 0.778. The van der Waals surface area contributed by atoms with Crippen LogP contribution in [0.4, 0.5) is 0 Å². The Kier molecular flexibility index (Phi) is 4.58. The van der Waals surface area contributed by atoms with Gasteiger partial charge in [-0.2, -0.15) is 0 Å². The first kappa shape index (κ1) is 16.0. The largest absolute Gasteiger partial charge is 0.335 e. The molecular formula is C18H28N2OS. The highest BCUT2D eigenvalue weighted by Gasteiger charge is 2.40. The van der Waals surface area contributed by atoms with Gasteiger partial charge in [-0.05, 0) is 38.0 Å². The van der Waals surface area contributed by atoms with Gasteiger partial charge in [0, 0.05) is 18.5 Å². The molecule has 1 amide bonds. The number of rotatable bonds is 2. The van der Waals surface area contributed by atoms with Gasteiger partial charge in [-0.25, -0.2) is 4.98 Å². The molecule has 1 aromatic rings. The van der Waals surface area contributed by atoms with Gasteiger partial charge in [-0.15, -0.1) is 11.3 Å². The molecule has 4 heteroatoms. The van der Waals surface area contributed by atoms with Crippen molar-refractivity contribution in [3.8, 4) is 0 Å². The maximum Gasteiger partial charge on any atom is 0.266 e. The molecular weight excluding hydrogens is 292 g/mol. The maximum absolute atomic E-state index is 13.1. The van der Waals surface area contributed by atoms with Crippen LogP contribution >= 0.6 is 11.3 Å². The van der Waals surface area contributed by atoms with Crippen LogP contribution in [0.1, 0.15) is 79.2 Å². The molecule has 1 saturated heterocycles. The molecule has 1 aromatic heterocycles. The van der Waals surface area contributed by atoms with Crippen molar-refractivity contribution in [3.05, 3.63) is 15.6 Å². The van der Waals surface area contributed by atoms with Gasteiger partial charge in [-0.1, -0.05) is 33.6 Å². The van der Waals surface area contributed by atoms with E-state index in [1.165, 1.54) is 25.7 Å². The number of carbonyl (C=O) groups excluding carboxylic acids is 1. The molecule has 2 heterocycles. The minimum atomic E-state index is 0.241. The molecule has 3 rings (SSSR count). The number of hydrogen-bond donors (Lipinski definition) is 0. The van der Waals surface area contributed by atoms with Crippen molar-refractivity contribution < 1.29 is 4.79 Å². The van der Waals surface area contributed by atoms with Crippen molar-refractivity contribution in [1.82, 2.24) is 9.88 Å². The van der Waals surface area contributed by atoms with Crippen molar-refractivity contribution in [2.75, 3.05) is 6.54 Å². The Bertz CT molecular complexity index is 551. The highest BCUT2D eigenvalue weighted by molar-refractivity contribution is 7.13. The fourth-order valence-corrected chi connectivity index (χ4v) is 5.18. The van der Waals surface area contributed by atoms with Crippen molar-refractivity contribution in [2.24, 2.45) is 11.8 Å². The molecule has 1 aliphatic heterocycles. The van der Waals surface area contributed by atoms with Crippen molar-refractivity contribution in [3.63, 3.8) is 0 Å². The summed E-state index contributed by atoms with van der Waals surface area (Å²) in [6.45, 7) is 9.58. The molecule has 0 bridgehead atoms. The number of piperidine rings is 1. The first-order chi connectivity index (χ1) is 10.5. The average Bonchev–Trinajstić information content (AvgIpc) is 2.90.